The van der Waals surface area contributed by atoms with Crippen molar-refractivity contribution in [2.75, 3.05) is 38.0 Å². The average molecular weight is 562 g/mol. The minimum atomic E-state index is -3.89. The van der Waals surface area contributed by atoms with Gasteiger partial charge < -0.3 is 24.2 Å². The molecule has 1 aliphatic heterocycles. The molecule has 2 heterocycles. The van der Waals surface area contributed by atoms with E-state index in [1.807, 2.05) is 6.92 Å². The Hall–Kier alpha value is -2.63. The Morgan fingerprint density at radius 1 is 1.23 bits per heavy atom. The van der Waals surface area contributed by atoms with E-state index in [1.54, 1.807) is 34.7 Å². The molecule has 0 unspecified atom stereocenters. The third kappa shape index (κ3) is 7.52. The standard InChI is InChI=1S/C28H43N5O5S/c1-20-14-33(21(2)18-34)28(35)13-23-12-24(30-39(36,37)27-17-32(4)19-29-27)10-11-25(23)38-26(20)16-31(3)15-22-8-6-5-7-9-22/h10-12,17,19-22,26,30,34H,5-9,13-16,18H2,1-4H3/t20-,21+,26-/m1/s1. The summed E-state index contributed by atoms with van der Waals surface area (Å²) in [5.74, 6) is 1.16. The summed E-state index contributed by atoms with van der Waals surface area (Å²) >= 11 is 0. The quantitative estimate of drug-likeness (QED) is 0.484. The van der Waals surface area contributed by atoms with E-state index in [9.17, 15) is 18.3 Å². The van der Waals surface area contributed by atoms with Gasteiger partial charge in [0.1, 0.15) is 11.9 Å². The number of aliphatic hydroxyl groups excluding tert-OH is 1. The number of hydrogen-bond donors (Lipinski definition) is 2. The number of rotatable bonds is 9. The summed E-state index contributed by atoms with van der Waals surface area (Å²) in [6.45, 7) is 5.98. The fraction of sp³-hybridized carbons (Fsp3) is 0.643. The number of sulfonamides is 1. The van der Waals surface area contributed by atoms with Crippen molar-refractivity contribution in [2.45, 2.75) is 69.5 Å². The van der Waals surface area contributed by atoms with Crippen molar-refractivity contribution in [1.29, 1.82) is 0 Å². The van der Waals surface area contributed by atoms with Gasteiger partial charge in [0.2, 0.25) is 5.91 Å². The van der Waals surface area contributed by atoms with Gasteiger partial charge in [-0.1, -0.05) is 26.2 Å². The van der Waals surface area contributed by atoms with Gasteiger partial charge in [-0.05, 0) is 50.9 Å². The molecule has 10 nitrogen and oxygen atoms in total. The molecule has 39 heavy (non-hydrogen) atoms. The molecule has 2 N–H and O–H groups in total. The zero-order chi connectivity index (χ0) is 28.2. The lowest BCUT2D eigenvalue weighted by Gasteiger charge is -2.35. The van der Waals surface area contributed by atoms with Gasteiger partial charge in [-0.3, -0.25) is 9.52 Å². The van der Waals surface area contributed by atoms with Crippen LogP contribution in [-0.2, 0) is 28.3 Å². The molecule has 1 aromatic carbocycles. The summed E-state index contributed by atoms with van der Waals surface area (Å²) < 4.78 is 36.5. The Kier molecular flexibility index (Phi) is 9.56. The van der Waals surface area contributed by atoms with E-state index in [-0.39, 0.29) is 42.0 Å². The molecule has 1 aromatic heterocycles. The van der Waals surface area contributed by atoms with Crippen LogP contribution in [0, 0.1) is 11.8 Å². The number of nitrogens with one attached hydrogen (secondary N) is 1. The van der Waals surface area contributed by atoms with Gasteiger partial charge in [0, 0.05) is 50.0 Å². The van der Waals surface area contributed by atoms with E-state index < -0.39 is 10.0 Å². The lowest BCUT2D eigenvalue weighted by molar-refractivity contribution is -0.134. The first-order valence-corrected chi connectivity index (χ1v) is 15.4. The molecule has 3 atom stereocenters. The van der Waals surface area contributed by atoms with Crippen LogP contribution in [0.2, 0.25) is 0 Å². The zero-order valence-corrected chi connectivity index (χ0v) is 24.4. The van der Waals surface area contributed by atoms with Crippen molar-refractivity contribution < 1.29 is 23.1 Å². The summed E-state index contributed by atoms with van der Waals surface area (Å²) in [6.07, 6.45) is 9.15. The number of fused-ring (bicyclic) bond motifs is 1. The molecule has 216 valence electrons. The van der Waals surface area contributed by atoms with Gasteiger partial charge in [-0.25, -0.2) is 4.98 Å². The molecule has 0 radical (unpaired) electrons. The Bertz CT molecular complexity index is 1230. The maximum atomic E-state index is 13.4. The topological polar surface area (TPSA) is 117 Å². The van der Waals surface area contributed by atoms with Crippen molar-refractivity contribution in [3.8, 4) is 5.75 Å². The molecule has 4 rings (SSSR count). The lowest BCUT2D eigenvalue weighted by atomic mass is 9.89. The van der Waals surface area contributed by atoms with E-state index in [0.717, 1.165) is 6.54 Å². The zero-order valence-electron chi connectivity index (χ0n) is 23.5. The second-order valence-electron chi connectivity index (χ2n) is 11.4. The first kappa shape index (κ1) is 29.4. The molecule has 11 heteroatoms. The predicted molar refractivity (Wildman–Crippen MR) is 150 cm³/mol. The molecular weight excluding hydrogens is 518 g/mol. The number of amides is 1. The van der Waals surface area contributed by atoms with Gasteiger partial charge in [-0.2, -0.15) is 8.42 Å². The van der Waals surface area contributed by atoms with Crippen LogP contribution >= 0.6 is 0 Å². The van der Waals surface area contributed by atoms with Crippen molar-refractivity contribution in [1.82, 2.24) is 19.4 Å². The van der Waals surface area contributed by atoms with E-state index >= 15 is 0 Å². The second kappa shape index (κ2) is 12.7. The highest BCUT2D eigenvalue weighted by molar-refractivity contribution is 7.92. The number of benzene rings is 1. The summed E-state index contributed by atoms with van der Waals surface area (Å²) in [7, 11) is -0.0589. The number of nitrogens with zero attached hydrogens (tertiary/aromatic N) is 4. The number of ether oxygens (including phenoxy) is 1. The average Bonchev–Trinajstić information content (AvgIpc) is 3.36. The number of aromatic nitrogens is 2. The number of hydrogen-bond acceptors (Lipinski definition) is 7. The van der Waals surface area contributed by atoms with Crippen LogP contribution in [0.4, 0.5) is 5.69 Å². The van der Waals surface area contributed by atoms with Gasteiger partial charge in [0.15, 0.2) is 5.03 Å². The monoisotopic (exact) mass is 561 g/mol. The summed E-state index contributed by atoms with van der Waals surface area (Å²) in [5.41, 5.74) is 0.932. The molecule has 0 saturated heterocycles. The van der Waals surface area contributed by atoms with Crippen LogP contribution in [0.25, 0.3) is 0 Å². The molecule has 1 fully saturated rings. The van der Waals surface area contributed by atoms with E-state index in [4.69, 9.17) is 4.74 Å². The molecule has 0 spiro atoms. The number of aliphatic hydroxyl groups is 1. The summed E-state index contributed by atoms with van der Waals surface area (Å²) in [5, 5.41) is 9.79. The van der Waals surface area contributed by atoms with Crippen LogP contribution in [0.5, 0.6) is 5.75 Å². The highest BCUT2D eigenvalue weighted by atomic mass is 32.2. The summed E-state index contributed by atoms with van der Waals surface area (Å²) in [4.78, 5) is 21.4. The van der Waals surface area contributed by atoms with Crippen LogP contribution in [0.1, 0.15) is 51.5 Å². The maximum Gasteiger partial charge on any atom is 0.280 e. The Balaban J connectivity index is 1.60. The molecule has 1 amide bonds. The number of likely N-dealkylation sites (N-methyl/N-ethyl adjacent to an activating group) is 1. The van der Waals surface area contributed by atoms with E-state index in [1.165, 1.54) is 44.6 Å². The van der Waals surface area contributed by atoms with Crippen molar-refractivity contribution in [3.63, 3.8) is 0 Å². The summed E-state index contributed by atoms with van der Waals surface area (Å²) in [6, 6.07) is 4.72. The molecule has 2 aliphatic rings. The number of imidazole rings is 1. The lowest BCUT2D eigenvalue weighted by Crippen LogP contribution is -2.48. The highest BCUT2D eigenvalue weighted by Gasteiger charge is 2.32. The highest BCUT2D eigenvalue weighted by Crippen LogP contribution is 2.30. The minimum Gasteiger partial charge on any atom is -0.488 e. The van der Waals surface area contributed by atoms with Crippen molar-refractivity contribution >= 4 is 21.6 Å². The predicted octanol–water partition coefficient (Wildman–Crippen LogP) is 2.88. The first-order valence-electron chi connectivity index (χ1n) is 13.9. The number of carbonyl (C=O) groups is 1. The Morgan fingerprint density at radius 2 is 1.97 bits per heavy atom. The van der Waals surface area contributed by atoms with Crippen LogP contribution < -0.4 is 9.46 Å². The van der Waals surface area contributed by atoms with Crippen LogP contribution in [0.15, 0.2) is 35.7 Å². The fourth-order valence-electron chi connectivity index (χ4n) is 5.64. The fourth-order valence-corrected chi connectivity index (χ4v) is 6.67. The van der Waals surface area contributed by atoms with Crippen LogP contribution in [-0.4, -0.2) is 84.2 Å². The largest absolute Gasteiger partial charge is 0.488 e. The number of aryl methyl sites for hydroxylation is 1. The molecule has 0 bridgehead atoms. The number of carbonyl (C=O) groups excluding carboxylic acids is 1. The van der Waals surface area contributed by atoms with Gasteiger partial charge in [0.25, 0.3) is 10.0 Å². The van der Waals surface area contributed by atoms with Crippen molar-refractivity contribution in [2.24, 2.45) is 18.9 Å². The maximum absolute atomic E-state index is 13.4. The minimum absolute atomic E-state index is 0.0186. The smallest absolute Gasteiger partial charge is 0.280 e. The van der Waals surface area contributed by atoms with Crippen molar-refractivity contribution in [3.05, 3.63) is 36.3 Å². The normalized spacial score (nSPS) is 22.0. The Labute approximate surface area is 232 Å². The van der Waals surface area contributed by atoms with E-state index in [0.29, 0.717) is 36.0 Å². The Morgan fingerprint density at radius 3 is 2.64 bits per heavy atom. The van der Waals surface area contributed by atoms with Crippen LogP contribution in [0.3, 0.4) is 0 Å². The third-order valence-corrected chi connectivity index (χ3v) is 9.18. The molecule has 2 aromatic rings. The second-order valence-corrected chi connectivity index (χ2v) is 13.0. The van der Waals surface area contributed by atoms with Gasteiger partial charge in [0.05, 0.1) is 25.4 Å². The molecule has 1 saturated carbocycles. The third-order valence-electron chi connectivity index (χ3n) is 7.91. The molecule has 1 aliphatic carbocycles. The number of anilines is 1. The van der Waals surface area contributed by atoms with Gasteiger partial charge in [-0.15, -0.1) is 0 Å². The van der Waals surface area contributed by atoms with E-state index in [2.05, 4.69) is 28.6 Å². The van der Waals surface area contributed by atoms with Gasteiger partial charge >= 0.3 is 0 Å². The SMILES string of the molecule is C[C@@H]1CN([C@@H](C)CO)C(=O)Cc2cc(NS(=O)(=O)c3cn(C)cn3)ccc2O[C@@H]1CN(C)CC1CCCCC1. The first-order chi connectivity index (χ1) is 18.6. The molecular formula is C28H43N5O5S.